The average Bonchev–Trinajstić information content (AvgIpc) is 2.63. The Hall–Kier alpha value is -1.29. The van der Waals surface area contributed by atoms with Gasteiger partial charge >= 0.3 is 0 Å². The normalized spacial score (nSPS) is 10.1. The molecule has 2 rings (SSSR count). The van der Waals surface area contributed by atoms with Crippen molar-refractivity contribution in [2.75, 3.05) is 7.11 Å². The van der Waals surface area contributed by atoms with Gasteiger partial charge in [-0.25, -0.2) is 4.98 Å². The van der Waals surface area contributed by atoms with Crippen molar-refractivity contribution in [3.63, 3.8) is 0 Å². The van der Waals surface area contributed by atoms with Crippen LogP contribution in [0, 0.1) is 14.9 Å². The van der Waals surface area contributed by atoms with Crippen LogP contribution >= 0.6 is 22.6 Å². The fraction of sp³-hybridized carbons (Fsp3) is 0.111. The molecule has 0 amide bonds. The third kappa shape index (κ3) is 1.23. The lowest BCUT2D eigenvalue weighted by Gasteiger charge is -2.04. The van der Waals surface area contributed by atoms with Crippen LogP contribution in [0.5, 0.6) is 5.88 Å². The average molecular weight is 299 g/mol. The Bertz CT molecular complexity index is 527. The molecule has 0 spiro atoms. The van der Waals surface area contributed by atoms with Gasteiger partial charge in [0, 0.05) is 6.07 Å². The third-order valence-corrected chi connectivity index (χ3v) is 2.73. The summed E-state index contributed by atoms with van der Waals surface area (Å²) in [6.07, 6.45) is 1.54. The molecule has 0 atom stereocenters. The zero-order valence-electron chi connectivity index (χ0n) is 7.36. The van der Waals surface area contributed by atoms with E-state index < -0.39 is 0 Å². The third-order valence-electron chi connectivity index (χ3n) is 1.89. The summed E-state index contributed by atoms with van der Waals surface area (Å²) in [6, 6.07) is 5.79. The molecule has 14 heavy (non-hydrogen) atoms. The quantitative estimate of drug-likeness (QED) is 0.755. The number of nitrogens with zero attached hydrogens (tertiary/aromatic N) is 3. The van der Waals surface area contributed by atoms with Crippen molar-refractivity contribution in [2.24, 2.45) is 0 Å². The van der Waals surface area contributed by atoms with Gasteiger partial charge in [0.25, 0.3) is 0 Å². The molecule has 0 bridgehead atoms. The van der Waals surface area contributed by atoms with E-state index in [-0.39, 0.29) is 0 Å². The smallest absolute Gasteiger partial charge is 0.200 e. The molecule has 2 aromatic heterocycles. The second kappa shape index (κ2) is 3.46. The predicted octanol–water partition coefficient (Wildman–Crippen LogP) is 1.82. The van der Waals surface area contributed by atoms with Crippen molar-refractivity contribution in [1.82, 2.24) is 9.38 Å². The van der Waals surface area contributed by atoms with Gasteiger partial charge in [-0.1, -0.05) is 0 Å². The summed E-state index contributed by atoms with van der Waals surface area (Å²) in [6.45, 7) is 0. The van der Waals surface area contributed by atoms with E-state index in [1.165, 1.54) is 0 Å². The van der Waals surface area contributed by atoms with E-state index in [0.29, 0.717) is 11.6 Å². The monoisotopic (exact) mass is 299 g/mol. The Morgan fingerprint density at radius 3 is 3.00 bits per heavy atom. The molecule has 0 fully saturated rings. The van der Waals surface area contributed by atoms with Crippen molar-refractivity contribution in [3.05, 3.63) is 27.6 Å². The van der Waals surface area contributed by atoms with E-state index in [1.54, 1.807) is 17.7 Å². The van der Waals surface area contributed by atoms with Crippen molar-refractivity contribution in [2.45, 2.75) is 0 Å². The maximum absolute atomic E-state index is 8.87. The highest BCUT2D eigenvalue weighted by atomic mass is 127. The number of rotatable bonds is 1. The van der Waals surface area contributed by atoms with E-state index >= 15 is 0 Å². The SMILES string of the molecule is COc1ccc(I)c2ncc(C#N)n12. The predicted molar refractivity (Wildman–Crippen MR) is 59.2 cm³/mol. The molecule has 5 heteroatoms. The first-order chi connectivity index (χ1) is 6.77. The second-order valence-corrected chi connectivity index (χ2v) is 3.80. The van der Waals surface area contributed by atoms with Crippen LogP contribution in [0.2, 0.25) is 0 Å². The number of ether oxygens (including phenoxy) is 1. The van der Waals surface area contributed by atoms with Crippen molar-refractivity contribution in [1.29, 1.82) is 5.26 Å². The maximum Gasteiger partial charge on any atom is 0.200 e. The van der Waals surface area contributed by atoms with Crippen LogP contribution in [0.1, 0.15) is 5.69 Å². The minimum Gasteiger partial charge on any atom is -0.482 e. The highest BCUT2D eigenvalue weighted by molar-refractivity contribution is 14.1. The molecule has 0 aliphatic heterocycles. The Balaban J connectivity index is 2.90. The molecule has 70 valence electrons. The molecular weight excluding hydrogens is 293 g/mol. The summed E-state index contributed by atoms with van der Waals surface area (Å²) < 4.78 is 7.84. The van der Waals surface area contributed by atoms with Gasteiger partial charge < -0.3 is 4.74 Å². The summed E-state index contributed by atoms with van der Waals surface area (Å²) in [5, 5.41) is 8.87. The van der Waals surface area contributed by atoms with Crippen LogP contribution in [0.4, 0.5) is 0 Å². The van der Waals surface area contributed by atoms with Gasteiger partial charge in [-0.3, -0.25) is 4.40 Å². The Labute approximate surface area is 94.3 Å². The molecule has 0 aliphatic rings. The fourth-order valence-corrected chi connectivity index (χ4v) is 1.84. The van der Waals surface area contributed by atoms with Crippen LogP contribution in [0.25, 0.3) is 5.65 Å². The summed E-state index contributed by atoms with van der Waals surface area (Å²) >= 11 is 2.17. The Morgan fingerprint density at radius 2 is 2.36 bits per heavy atom. The van der Waals surface area contributed by atoms with E-state index in [0.717, 1.165) is 9.22 Å². The Kier molecular flexibility index (Phi) is 2.29. The van der Waals surface area contributed by atoms with E-state index in [4.69, 9.17) is 10.00 Å². The number of hydrogen-bond acceptors (Lipinski definition) is 3. The molecule has 2 aromatic rings. The van der Waals surface area contributed by atoms with E-state index in [2.05, 4.69) is 33.6 Å². The van der Waals surface area contributed by atoms with Gasteiger partial charge in [0.15, 0.2) is 11.5 Å². The molecule has 0 saturated carbocycles. The van der Waals surface area contributed by atoms with Crippen molar-refractivity contribution < 1.29 is 4.74 Å². The van der Waals surface area contributed by atoms with E-state index in [9.17, 15) is 0 Å². The minimum atomic E-state index is 0.482. The van der Waals surface area contributed by atoms with Gasteiger partial charge in [-0.2, -0.15) is 5.26 Å². The van der Waals surface area contributed by atoms with Crippen LogP contribution in [-0.4, -0.2) is 16.5 Å². The zero-order chi connectivity index (χ0) is 10.1. The van der Waals surface area contributed by atoms with Gasteiger partial charge in [-0.15, -0.1) is 0 Å². The molecular formula is C9H6IN3O. The Morgan fingerprint density at radius 1 is 1.57 bits per heavy atom. The number of hydrogen-bond donors (Lipinski definition) is 0. The maximum atomic E-state index is 8.87. The van der Waals surface area contributed by atoms with Crippen molar-refractivity contribution in [3.8, 4) is 11.9 Å². The molecule has 0 N–H and O–H groups in total. The number of pyridine rings is 1. The number of halogens is 1. The minimum absolute atomic E-state index is 0.482. The lowest BCUT2D eigenvalue weighted by atomic mass is 10.4. The first-order valence-corrected chi connectivity index (χ1v) is 4.96. The van der Waals surface area contributed by atoms with Crippen LogP contribution < -0.4 is 4.74 Å². The molecule has 0 saturated heterocycles. The second-order valence-electron chi connectivity index (χ2n) is 2.64. The van der Waals surface area contributed by atoms with Gasteiger partial charge in [0.05, 0.1) is 16.9 Å². The highest BCUT2D eigenvalue weighted by Crippen LogP contribution is 2.21. The summed E-state index contributed by atoms with van der Waals surface area (Å²) in [5.74, 6) is 0.620. The van der Waals surface area contributed by atoms with Gasteiger partial charge in [0.1, 0.15) is 11.8 Å². The van der Waals surface area contributed by atoms with Crippen molar-refractivity contribution >= 4 is 28.2 Å². The lowest BCUT2D eigenvalue weighted by molar-refractivity contribution is 0.392. The summed E-state index contributed by atoms with van der Waals surface area (Å²) in [5.41, 5.74) is 1.23. The molecule has 4 nitrogen and oxygen atoms in total. The number of nitriles is 1. The van der Waals surface area contributed by atoms with Gasteiger partial charge in [0.2, 0.25) is 0 Å². The molecule has 0 aliphatic carbocycles. The highest BCUT2D eigenvalue weighted by Gasteiger charge is 2.09. The number of methoxy groups -OCH3 is 1. The molecule has 0 aromatic carbocycles. The molecule has 0 unspecified atom stereocenters. The molecule has 0 radical (unpaired) electrons. The molecule has 2 heterocycles. The number of imidazole rings is 1. The van der Waals surface area contributed by atoms with Crippen LogP contribution in [0.3, 0.4) is 0 Å². The van der Waals surface area contributed by atoms with Crippen LogP contribution in [0.15, 0.2) is 18.3 Å². The topological polar surface area (TPSA) is 50.3 Å². The fourth-order valence-electron chi connectivity index (χ4n) is 1.28. The van der Waals surface area contributed by atoms with E-state index in [1.807, 2.05) is 12.1 Å². The number of aromatic nitrogens is 2. The lowest BCUT2D eigenvalue weighted by Crippen LogP contribution is -1.97. The zero-order valence-corrected chi connectivity index (χ0v) is 9.52. The largest absolute Gasteiger partial charge is 0.482 e. The van der Waals surface area contributed by atoms with Gasteiger partial charge in [-0.05, 0) is 28.7 Å². The summed E-state index contributed by atoms with van der Waals surface area (Å²) in [7, 11) is 1.57. The standard InChI is InChI=1S/C9H6IN3O/c1-14-8-3-2-7(10)9-12-5-6(4-11)13(8)9/h2-3,5H,1H3. The first-order valence-electron chi connectivity index (χ1n) is 3.88. The van der Waals surface area contributed by atoms with Crippen LogP contribution in [-0.2, 0) is 0 Å². The summed E-state index contributed by atoms with van der Waals surface area (Å²) in [4.78, 5) is 4.15. The first kappa shape index (κ1) is 9.27. The number of fused-ring (bicyclic) bond motifs is 1.